The molecule has 0 amide bonds. The van der Waals surface area contributed by atoms with Gasteiger partial charge >= 0.3 is 0 Å². The lowest BCUT2D eigenvalue weighted by Gasteiger charge is -2.24. The Morgan fingerprint density at radius 2 is 2.20 bits per heavy atom. The summed E-state index contributed by atoms with van der Waals surface area (Å²) in [6.45, 7) is 4.83. The van der Waals surface area contributed by atoms with Gasteiger partial charge in [0, 0.05) is 37.4 Å². The number of nitrogens with zero attached hydrogens (tertiary/aromatic N) is 3. The van der Waals surface area contributed by atoms with Crippen LogP contribution in [0.1, 0.15) is 11.1 Å². The third-order valence-corrected chi connectivity index (χ3v) is 5.15. The van der Waals surface area contributed by atoms with Crippen LogP contribution in [0.5, 0.6) is 0 Å². The molecule has 2 aromatic rings. The van der Waals surface area contributed by atoms with Crippen molar-refractivity contribution in [3.8, 4) is 0 Å². The van der Waals surface area contributed by atoms with Gasteiger partial charge < -0.3 is 20.5 Å². The first-order valence-electron chi connectivity index (χ1n) is 8.41. The lowest BCUT2D eigenvalue weighted by molar-refractivity contribution is 0.0959. The van der Waals surface area contributed by atoms with Gasteiger partial charge in [0.2, 0.25) is 0 Å². The fraction of sp³-hybridized carbons (Fsp3) is 0.444. The highest BCUT2D eigenvalue weighted by atomic mass is 32.2. The van der Waals surface area contributed by atoms with Crippen molar-refractivity contribution in [3.05, 3.63) is 41.5 Å². The number of anilines is 2. The van der Waals surface area contributed by atoms with Gasteiger partial charge in [-0.05, 0) is 18.1 Å². The first-order chi connectivity index (χ1) is 12.2. The van der Waals surface area contributed by atoms with Crippen molar-refractivity contribution in [2.45, 2.75) is 17.8 Å². The number of ether oxygens (including phenoxy) is 1. The van der Waals surface area contributed by atoms with E-state index in [9.17, 15) is 5.11 Å². The smallest absolute Gasteiger partial charge is 0.191 e. The van der Waals surface area contributed by atoms with E-state index in [1.54, 1.807) is 17.8 Å². The molecular weight excluding hydrogens is 336 g/mol. The van der Waals surface area contributed by atoms with Gasteiger partial charge in [0.25, 0.3) is 0 Å². The molecule has 25 heavy (non-hydrogen) atoms. The summed E-state index contributed by atoms with van der Waals surface area (Å²) in [5, 5.41) is 10.1. The van der Waals surface area contributed by atoms with E-state index < -0.39 is 0 Å². The topological polar surface area (TPSA) is 84.5 Å². The molecule has 134 valence electrons. The fourth-order valence-corrected chi connectivity index (χ4v) is 3.71. The molecule has 6 nitrogen and oxygen atoms in total. The Labute approximate surface area is 152 Å². The molecular formula is C18H24N4O2S. The number of nitrogens with two attached hydrogens (primary N) is 1. The van der Waals surface area contributed by atoms with Gasteiger partial charge in [-0.15, -0.1) is 0 Å². The average molecular weight is 360 g/mol. The molecule has 0 radical (unpaired) electrons. The normalized spacial score (nSPS) is 18.2. The minimum atomic E-state index is 0.0850. The molecule has 1 aromatic heterocycles. The van der Waals surface area contributed by atoms with Crippen LogP contribution in [0.15, 0.2) is 35.5 Å². The highest BCUT2D eigenvalue weighted by molar-refractivity contribution is 7.98. The predicted molar refractivity (Wildman–Crippen MR) is 101 cm³/mol. The molecule has 0 bridgehead atoms. The van der Waals surface area contributed by atoms with E-state index in [1.807, 2.05) is 12.1 Å². The van der Waals surface area contributed by atoms with Crippen molar-refractivity contribution >= 4 is 23.4 Å². The van der Waals surface area contributed by atoms with Crippen LogP contribution < -0.4 is 10.6 Å². The van der Waals surface area contributed by atoms with Crippen LogP contribution in [0.2, 0.25) is 0 Å². The second kappa shape index (κ2) is 8.51. The van der Waals surface area contributed by atoms with E-state index in [2.05, 4.69) is 33.9 Å². The molecule has 1 aliphatic heterocycles. The minimum absolute atomic E-state index is 0.0850. The van der Waals surface area contributed by atoms with Gasteiger partial charge in [-0.3, -0.25) is 0 Å². The molecule has 3 rings (SSSR count). The summed E-state index contributed by atoms with van der Waals surface area (Å²) in [5.74, 6) is 2.14. The maximum atomic E-state index is 9.46. The van der Waals surface area contributed by atoms with Gasteiger partial charge in [-0.1, -0.05) is 36.0 Å². The first-order valence-corrected chi connectivity index (χ1v) is 9.39. The summed E-state index contributed by atoms with van der Waals surface area (Å²) in [6, 6.07) is 10.1. The van der Waals surface area contributed by atoms with Gasteiger partial charge in [0.15, 0.2) is 5.16 Å². The van der Waals surface area contributed by atoms with Crippen LogP contribution in [-0.4, -0.2) is 48.0 Å². The molecule has 1 saturated heterocycles. The van der Waals surface area contributed by atoms with Crippen LogP contribution in [0.3, 0.4) is 0 Å². The number of aliphatic hydroxyl groups is 1. The molecule has 7 heteroatoms. The maximum Gasteiger partial charge on any atom is 0.191 e. The Balaban J connectivity index is 1.74. The van der Waals surface area contributed by atoms with Gasteiger partial charge in [-0.25, -0.2) is 9.97 Å². The lowest BCUT2D eigenvalue weighted by atomic mass is 10.1. The Morgan fingerprint density at radius 1 is 1.36 bits per heavy atom. The first kappa shape index (κ1) is 18.0. The van der Waals surface area contributed by atoms with E-state index in [1.165, 1.54) is 11.1 Å². The number of hydrogen-bond donors (Lipinski definition) is 2. The highest BCUT2D eigenvalue weighted by Crippen LogP contribution is 2.25. The molecule has 1 aliphatic rings. The number of nitrogen functional groups attached to an aromatic ring is 1. The van der Waals surface area contributed by atoms with Crippen molar-refractivity contribution in [2.75, 3.05) is 43.5 Å². The van der Waals surface area contributed by atoms with Crippen molar-refractivity contribution in [1.82, 2.24) is 9.97 Å². The van der Waals surface area contributed by atoms with E-state index in [0.717, 1.165) is 18.1 Å². The Kier molecular flexibility index (Phi) is 6.12. The molecule has 1 atom stereocenters. The molecule has 0 aliphatic carbocycles. The third kappa shape index (κ3) is 4.84. The highest BCUT2D eigenvalue weighted by Gasteiger charge is 2.20. The third-order valence-electron chi connectivity index (χ3n) is 4.25. The number of thioether (sulfide) groups is 1. The van der Waals surface area contributed by atoms with Gasteiger partial charge in [0.05, 0.1) is 13.2 Å². The van der Waals surface area contributed by atoms with Crippen LogP contribution in [0.25, 0.3) is 0 Å². The van der Waals surface area contributed by atoms with Crippen molar-refractivity contribution in [1.29, 1.82) is 0 Å². The Morgan fingerprint density at radius 3 is 3.00 bits per heavy atom. The SMILES string of the molecule is Cc1ccccc1CSc1nc(N)cc(N2CCOC[C@@H](CO)C2)n1. The van der Waals surface area contributed by atoms with Crippen LogP contribution in [0, 0.1) is 12.8 Å². The zero-order valence-corrected chi connectivity index (χ0v) is 15.2. The number of aromatic nitrogens is 2. The molecule has 1 fully saturated rings. The molecule has 0 unspecified atom stereocenters. The summed E-state index contributed by atoms with van der Waals surface area (Å²) >= 11 is 1.58. The Hall–Kier alpha value is -1.83. The predicted octanol–water partition coefficient (Wildman–Crippen LogP) is 2.10. The number of benzene rings is 1. The fourth-order valence-electron chi connectivity index (χ4n) is 2.77. The monoisotopic (exact) mass is 360 g/mol. The summed E-state index contributed by atoms with van der Waals surface area (Å²) in [5.41, 5.74) is 8.53. The standard InChI is InChI=1S/C18H24N4O2S/c1-13-4-2-3-5-15(13)12-25-18-20-16(19)8-17(21-18)22-6-7-24-11-14(9-22)10-23/h2-5,8,14,23H,6-7,9-12H2,1H3,(H2,19,20,21)/t14-/m1/s1. The summed E-state index contributed by atoms with van der Waals surface area (Å²) in [4.78, 5) is 11.1. The molecule has 0 saturated carbocycles. The molecule has 0 spiro atoms. The summed E-state index contributed by atoms with van der Waals surface area (Å²) in [7, 11) is 0. The summed E-state index contributed by atoms with van der Waals surface area (Å²) in [6.07, 6.45) is 0. The number of rotatable bonds is 5. The van der Waals surface area contributed by atoms with E-state index >= 15 is 0 Å². The largest absolute Gasteiger partial charge is 0.396 e. The number of hydrogen-bond acceptors (Lipinski definition) is 7. The lowest BCUT2D eigenvalue weighted by Crippen LogP contribution is -2.32. The Bertz CT molecular complexity index is 713. The summed E-state index contributed by atoms with van der Waals surface area (Å²) < 4.78 is 5.55. The second-order valence-electron chi connectivity index (χ2n) is 6.22. The minimum Gasteiger partial charge on any atom is -0.396 e. The van der Waals surface area contributed by atoms with Crippen LogP contribution in [-0.2, 0) is 10.5 Å². The number of aliphatic hydroxyl groups excluding tert-OH is 1. The van der Waals surface area contributed by atoms with Crippen LogP contribution >= 0.6 is 11.8 Å². The van der Waals surface area contributed by atoms with E-state index in [0.29, 0.717) is 30.7 Å². The number of aryl methyl sites for hydroxylation is 1. The van der Waals surface area contributed by atoms with Crippen LogP contribution in [0.4, 0.5) is 11.6 Å². The average Bonchev–Trinajstić information content (AvgIpc) is 2.86. The molecule has 1 aromatic carbocycles. The van der Waals surface area contributed by atoms with E-state index in [4.69, 9.17) is 10.5 Å². The second-order valence-corrected chi connectivity index (χ2v) is 7.16. The zero-order chi connectivity index (χ0) is 17.6. The maximum absolute atomic E-state index is 9.46. The zero-order valence-electron chi connectivity index (χ0n) is 14.4. The van der Waals surface area contributed by atoms with Crippen molar-refractivity contribution in [3.63, 3.8) is 0 Å². The van der Waals surface area contributed by atoms with Crippen molar-refractivity contribution in [2.24, 2.45) is 5.92 Å². The van der Waals surface area contributed by atoms with Crippen molar-refractivity contribution < 1.29 is 9.84 Å². The molecule has 3 N–H and O–H groups in total. The molecule has 2 heterocycles. The van der Waals surface area contributed by atoms with Gasteiger partial charge in [-0.2, -0.15) is 0 Å². The van der Waals surface area contributed by atoms with E-state index in [-0.39, 0.29) is 12.5 Å². The quantitative estimate of drug-likeness (QED) is 0.624. The van der Waals surface area contributed by atoms with Gasteiger partial charge in [0.1, 0.15) is 11.6 Å².